The minimum atomic E-state index is 0.0152. The Morgan fingerprint density at radius 1 is 1.12 bits per heavy atom. The summed E-state index contributed by atoms with van der Waals surface area (Å²) in [4.78, 5) is 14.8. The van der Waals surface area contributed by atoms with Crippen molar-refractivity contribution in [2.75, 3.05) is 19.6 Å². The number of rotatable bonds is 5. The van der Waals surface area contributed by atoms with E-state index in [1.807, 2.05) is 31.2 Å². The number of hydrogen-bond donors (Lipinski definition) is 1. The first-order chi connectivity index (χ1) is 12.2. The van der Waals surface area contributed by atoms with E-state index in [2.05, 4.69) is 40.5 Å². The van der Waals surface area contributed by atoms with E-state index in [9.17, 15) is 4.79 Å². The van der Waals surface area contributed by atoms with Crippen molar-refractivity contribution in [3.8, 4) is 0 Å². The minimum absolute atomic E-state index is 0.0152. The highest BCUT2D eigenvalue weighted by atomic mass is 35.5. The van der Waals surface area contributed by atoms with Gasteiger partial charge in [-0.15, -0.1) is 0 Å². The predicted molar refractivity (Wildman–Crippen MR) is 103 cm³/mol. The lowest BCUT2D eigenvalue weighted by Crippen LogP contribution is -2.45. The molecular formula is C21H25ClN2O. The molecule has 4 heteroatoms. The number of piperidine rings is 1. The minimum Gasteiger partial charge on any atom is -0.356 e. The molecule has 1 amide bonds. The fraction of sp³-hybridized carbons (Fsp3) is 0.381. The number of likely N-dealkylation sites (tertiary alicyclic amines) is 1. The number of halogens is 1. The lowest BCUT2D eigenvalue weighted by atomic mass is 9.84. The molecule has 2 unspecified atom stereocenters. The Labute approximate surface area is 155 Å². The summed E-state index contributed by atoms with van der Waals surface area (Å²) in [5.41, 5.74) is 2.42. The molecule has 2 aromatic carbocycles. The van der Waals surface area contributed by atoms with Crippen molar-refractivity contribution < 1.29 is 4.79 Å². The molecule has 0 saturated carbocycles. The van der Waals surface area contributed by atoms with Crippen molar-refractivity contribution in [2.45, 2.75) is 25.8 Å². The van der Waals surface area contributed by atoms with Crippen LogP contribution in [0.2, 0.25) is 5.02 Å². The van der Waals surface area contributed by atoms with E-state index < -0.39 is 0 Å². The molecule has 132 valence electrons. The summed E-state index contributed by atoms with van der Waals surface area (Å²) in [5.74, 6) is 0.540. The summed E-state index contributed by atoms with van der Waals surface area (Å²) in [5, 5.41) is 3.78. The van der Waals surface area contributed by atoms with Crippen LogP contribution in [0.1, 0.15) is 30.4 Å². The number of nitrogens with one attached hydrogen (secondary N) is 1. The maximum atomic E-state index is 12.5. The van der Waals surface area contributed by atoms with Gasteiger partial charge in [0.15, 0.2) is 0 Å². The van der Waals surface area contributed by atoms with E-state index in [-0.39, 0.29) is 11.8 Å². The molecule has 1 heterocycles. The van der Waals surface area contributed by atoms with Crippen molar-refractivity contribution in [1.29, 1.82) is 0 Å². The predicted octanol–water partition coefficient (Wildman–Crippen LogP) is 4.08. The standard InChI is InChI=1S/C21H25ClN2O/c1-2-23-21(25)19-12-18(16-8-4-3-5-9-16)14-24(15-19)13-17-10-6-7-11-20(17)22/h3-11,18-19H,2,12-15H2,1H3,(H,23,25). The fourth-order valence-corrected chi connectivity index (χ4v) is 3.86. The van der Waals surface area contributed by atoms with Gasteiger partial charge in [0.2, 0.25) is 5.91 Å². The second-order valence-corrected chi connectivity index (χ2v) is 7.13. The largest absolute Gasteiger partial charge is 0.356 e. The molecular weight excluding hydrogens is 332 g/mol. The van der Waals surface area contributed by atoms with Gasteiger partial charge in [0, 0.05) is 31.2 Å². The van der Waals surface area contributed by atoms with Gasteiger partial charge in [-0.05, 0) is 36.5 Å². The second-order valence-electron chi connectivity index (χ2n) is 6.72. The Kier molecular flexibility index (Phi) is 6.11. The lowest BCUT2D eigenvalue weighted by molar-refractivity contribution is -0.127. The van der Waals surface area contributed by atoms with Gasteiger partial charge in [-0.25, -0.2) is 0 Å². The number of amides is 1. The number of carbonyl (C=O) groups excluding carboxylic acids is 1. The third-order valence-corrected chi connectivity index (χ3v) is 5.24. The van der Waals surface area contributed by atoms with Crippen LogP contribution in [0.4, 0.5) is 0 Å². The van der Waals surface area contributed by atoms with Gasteiger partial charge < -0.3 is 5.32 Å². The third kappa shape index (κ3) is 4.62. The summed E-state index contributed by atoms with van der Waals surface area (Å²) in [7, 11) is 0. The smallest absolute Gasteiger partial charge is 0.224 e. The number of hydrogen-bond acceptors (Lipinski definition) is 2. The van der Waals surface area contributed by atoms with Crippen LogP contribution in [0.5, 0.6) is 0 Å². The Morgan fingerprint density at radius 2 is 1.84 bits per heavy atom. The summed E-state index contributed by atoms with van der Waals surface area (Å²) < 4.78 is 0. The monoisotopic (exact) mass is 356 g/mol. The average molecular weight is 357 g/mol. The van der Waals surface area contributed by atoms with Crippen LogP contribution in [0.3, 0.4) is 0 Å². The van der Waals surface area contributed by atoms with Gasteiger partial charge in [-0.2, -0.15) is 0 Å². The Bertz CT molecular complexity index is 704. The van der Waals surface area contributed by atoms with Crippen molar-refractivity contribution >= 4 is 17.5 Å². The topological polar surface area (TPSA) is 32.3 Å². The van der Waals surface area contributed by atoms with E-state index in [4.69, 9.17) is 11.6 Å². The molecule has 3 rings (SSSR count). The molecule has 1 N–H and O–H groups in total. The molecule has 0 aliphatic carbocycles. The Hall–Kier alpha value is -1.84. The summed E-state index contributed by atoms with van der Waals surface area (Å²) in [6, 6.07) is 18.5. The lowest BCUT2D eigenvalue weighted by Gasteiger charge is -2.37. The summed E-state index contributed by atoms with van der Waals surface area (Å²) >= 11 is 6.34. The molecule has 2 atom stereocenters. The molecule has 0 bridgehead atoms. The Morgan fingerprint density at radius 3 is 2.56 bits per heavy atom. The molecule has 0 radical (unpaired) electrons. The molecule has 1 aliphatic rings. The molecule has 1 saturated heterocycles. The number of nitrogens with zero attached hydrogens (tertiary/aromatic N) is 1. The van der Waals surface area contributed by atoms with E-state index in [1.54, 1.807) is 0 Å². The van der Waals surface area contributed by atoms with Gasteiger partial charge in [-0.3, -0.25) is 9.69 Å². The third-order valence-electron chi connectivity index (χ3n) is 4.87. The molecule has 25 heavy (non-hydrogen) atoms. The maximum absolute atomic E-state index is 12.5. The summed E-state index contributed by atoms with van der Waals surface area (Å²) in [6.45, 7) is 5.15. The van der Waals surface area contributed by atoms with E-state index in [0.29, 0.717) is 12.5 Å². The van der Waals surface area contributed by atoms with Crippen molar-refractivity contribution in [2.24, 2.45) is 5.92 Å². The van der Waals surface area contributed by atoms with Crippen LogP contribution >= 0.6 is 11.6 Å². The van der Waals surface area contributed by atoms with Crippen LogP contribution in [0, 0.1) is 5.92 Å². The highest BCUT2D eigenvalue weighted by molar-refractivity contribution is 6.31. The molecule has 0 aromatic heterocycles. The van der Waals surface area contributed by atoms with Gasteiger partial charge >= 0.3 is 0 Å². The van der Waals surface area contributed by atoms with Gasteiger partial charge in [0.25, 0.3) is 0 Å². The van der Waals surface area contributed by atoms with E-state index in [1.165, 1.54) is 5.56 Å². The van der Waals surface area contributed by atoms with Crippen molar-refractivity contribution in [3.63, 3.8) is 0 Å². The SMILES string of the molecule is CCNC(=O)C1CC(c2ccccc2)CN(Cc2ccccc2Cl)C1. The highest BCUT2D eigenvalue weighted by Gasteiger charge is 2.32. The van der Waals surface area contributed by atoms with E-state index in [0.717, 1.165) is 36.6 Å². The van der Waals surface area contributed by atoms with Gasteiger partial charge in [0.05, 0.1) is 5.92 Å². The fourth-order valence-electron chi connectivity index (χ4n) is 3.66. The maximum Gasteiger partial charge on any atom is 0.224 e. The summed E-state index contributed by atoms with van der Waals surface area (Å²) in [6.07, 6.45) is 0.898. The number of benzene rings is 2. The van der Waals surface area contributed by atoms with E-state index >= 15 is 0 Å². The van der Waals surface area contributed by atoms with Crippen LogP contribution in [-0.4, -0.2) is 30.4 Å². The zero-order valence-electron chi connectivity index (χ0n) is 14.6. The zero-order valence-corrected chi connectivity index (χ0v) is 15.4. The zero-order chi connectivity index (χ0) is 17.6. The molecule has 1 aliphatic heterocycles. The van der Waals surface area contributed by atoms with Gasteiger partial charge in [-0.1, -0.05) is 60.1 Å². The second kappa shape index (κ2) is 8.50. The van der Waals surface area contributed by atoms with Crippen LogP contribution < -0.4 is 5.32 Å². The van der Waals surface area contributed by atoms with Crippen LogP contribution in [-0.2, 0) is 11.3 Å². The molecule has 2 aromatic rings. The first-order valence-electron chi connectivity index (χ1n) is 8.95. The quantitative estimate of drug-likeness (QED) is 0.875. The first kappa shape index (κ1) is 18.0. The Balaban J connectivity index is 1.79. The molecule has 1 fully saturated rings. The normalized spacial score (nSPS) is 21.0. The van der Waals surface area contributed by atoms with Crippen molar-refractivity contribution in [1.82, 2.24) is 10.2 Å². The van der Waals surface area contributed by atoms with Crippen LogP contribution in [0.15, 0.2) is 54.6 Å². The highest BCUT2D eigenvalue weighted by Crippen LogP contribution is 2.32. The van der Waals surface area contributed by atoms with Crippen LogP contribution in [0.25, 0.3) is 0 Å². The first-order valence-corrected chi connectivity index (χ1v) is 9.33. The molecule has 3 nitrogen and oxygen atoms in total. The van der Waals surface area contributed by atoms with Crippen molar-refractivity contribution in [3.05, 3.63) is 70.7 Å². The molecule has 0 spiro atoms. The average Bonchev–Trinajstić information content (AvgIpc) is 2.64. The van der Waals surface area contributed by atoms with Gasteiger partial charge in [0.1, 0.15) is 0 Å². The number of carbonyl (C=O) groups is 1.